The first-order valence-corrected chi connectivity index (χ1v) is 6.18. The van der Waals surface area contributed by atoms with Crippen LogP contribution in [0.1, 0.15) is 18.7 Å². The van der Waals surface area contributed by atoms with Crippen LogP contribution in [0.5, 0.6) is 0 Å². The second-order valence-corrected chi connectivity index (χ2v) is 4.67. The summed E-state index contributed by atoms with van der Waals surface area (Å²) in [5, 5.41) is 7.55. The summed E-state index contributed by atoms with van der Waals surface area (Å²) < 4.78 is 14.8. The Morgan fingerprint density at radius 1 is 1.35 bits per heavy atom. The number of nitrogens with two attached hydrogens (primary N) is 1. The van der Waals surface area contributed by atoms with E-state index in [1.807, 2.05) is 0 Å². The van der Waals surface area contributed by atoms with Crippen LogP contribution in [0.25, 0.3) is 16.6 Å². The van der Waals surface area contributed by atoms with Gasteiger partial charge in [-0.2, -0.15) is 5.10 Å². The highest BCUT2D eigenvalue weighted by molar-refractivity contribution is 5.82. The van der Waals surface area contributed by atoms with Crippen LogP contribution in [-0.4, -0.2) is 14.8 Å². The summed E-state index contributed by atoms with van der Waals surface area (Å²) in [4.78, 5) is 12.6. The fourth-order valence-electron chi connectivity index (χ4n) is 2.26. The van der Waals surface area contributed by atoms with Crippen LogP contribution < -0.4 is 11.3 Å². The van der Waals surface area contributed by atoms with Crippen molar-refractivity contribution in [3.05, 3.63) is 58.4 Å². The SMILES string of the molecule is C[C@H](N)c1cc2ccc(F)cc2c(=O)n1-c1ccn[nH]1. The van der Waals surface area contributed by atoms with Gasteiger partial charge in [-0.15, -0.1) is 0 Å². The number of H-pyrrole nitrogens is 1. The van der Waals surface area contributed by atoms with Crippen molar-refractivity contribution in [3.8, 4) is 5.82 Å². The van der Waals surface area contributed by atoms with Crippen molar-refractivity contribution in [2.75, 3.05) is 0 Å². The minimum absolute atomic E-state index is 0.309. The zero-order valence-electron chi connectivity index (χ0n) is 10.8. The van der Waals surface area contributed by atoms with Gasteiger partial charge in [0.25, 0.3) is 5.56 Å². The number of aromatic nitrogens is 3. The molecule has 2 aromatic heterocycles. The third kappa shape index (κ3) is 1.90. The van der Waals surface area contributed by atoms with Crippen LogP contribution in [0.4, 0.5) is 4.39 Å². The Kier molecular flexibility index (Phi) is 2.87. The highest BCUT2D eigenvalue weighted by Crippen LogP contribution is 2.19. The number of halogens is 1. The minimum Gasteiger partial charge on any atom is -0.323 e. The standard InChI is InChI=1S/C14H13FN4O/c1-8(16)12-6-9-2-3-10(15)7-11(9)14(20)19(12)13-4-5-17-18-13/h2-8H,16H2,1H3,(H,17,18)/t8-/m0/s1. The van der Waals surface area contributed by atoms with Gasteiger partial charge in [0, 0.05) is 17.8 Å². The number of hydrogen-bond acceptors (Lipinski definition) is 3. The summed E-state index contributed by atoms with van der Waals surface area (Å²) in [6.07, 6.45) is 1.54. The molecular weight excluding hydrogens is 259 g/mol. The van der Waals surface area contributed by atoms with E-state index in [1.165, 1.54) is 16.7 Å². The fourth-order valence-corrected chi connectivity index (χ4v) is 2.26. The number of pyridine rings is 1. The van der Waals surface area contributed by atoms with E-state index in [0.717, 1.165) is 0 Å². The molecule has 1 aromatic carbocycles. The normalized spacial score (nSPS) is 12.8. The molecule has 3 N–H and O–H groups in total. The lowest BCUT2D eigenvalue weighted by atomic mass is 10.1. The smallest absolute Gasteiger partial charge is 0.264 e. The Balaban J connectivity index is 2.44. The zero-order chi connectivity index (χ0) is 14.3. The van der Waals surface area contributed by atoms with E-state index in [2.05, 4.69) is 10.2 Å². The van der Waals surface area contributed by atoms with E-state index < -0.39 is 5.82 Å². The Morgan fingerprint density at radius 3 is 2.80 bits per heavy atom. The van der Waals surface area contributed by atoms with Crippen LogP contribution in [0.3, 0.4) is 0 Å². The molecule has 102 valence electrons. The molecule has 0 unspecified atom stereocenters. The van der Waals surface area contributed by atoms with E-state index in [4.69, 9.17) is 5.73 Å². The third-order valence-electron chi connectivity index (χ3n) is 3.20. The number of rotatable bonds is 2. The van der Waals surface area contributed by atoms with Crippen LogP contribution in [0, 0.1) is 5.82 Å². The number of aromatic amines is 1. The average Bonchev–Trinajstić information content (AvgIpc) is 2.92. The minimum atomic E-state index is -0.445. The van der Waals surface area contributed by atoms with Crippen molar-refractivity contribution in [2.45, 2.75) is 13.0 Å². The van der Waals surface area contributed by atoms with Crippen molar-refractivity contribution in [3.63, 3.8) is 0 Å². The monoisotopic (exact) mass is 272 g/mol. The van der Waals surface area contributed by atoms with Gasteiger partial charge < -0.3 is 5.73 Å². The summed E-state index contributed by atoms with van der Waals surface area (Å²) in [6.45, 7) is 1.79. The molecule has 0 radical (unpaired) electrons. The van der Waals surface area contributed by atoms with Gasteiger partial charge in [0.15, 0.2) is 0 Å². The molecule has 5 nitrogen and oxygen atoms in total. The van der Waals surface area contributed by atoms with Gasteiger partial charge in [0.1, 0.15) is 11.6 Å². The van der Waals surface area contributed by atoms with E-state index in [0.29, 0.717) is 22.3 Å². The maximum Gasteiger partial charge on any atom is 0.264 e. The van der Waals surface area contributed by atoms with Crippen molar-refractivity contribution in [1.82, 2.24) is 14.8 Å². The first kappa shape index (κ1) is 12.6. The quantitative estimate of drug-likeness (QED) is 0.747. The third-order valence-corrected chi connectivity index (χ3v) is 3.20. The molecule has 0 amide bonds. The summed E-state index contributed by atoms with van der Waals surface area (Å²) in [5.41, 5.74) is 6.26. The van der Waals surface area contributed by atoms with Crippen molar-refractivity contribution in [1.29, 1.82) is 0 Å². The lowest BCUT2D eigenvalue weighted by Crippen LogP contribution is -2.26. The maximum absolute atomic E-state index is 13.4. The predicted octanol–water partition coefficient (Wildman–Crippen LogP) is 1.87. The van der Waals surface area contributed by atoms with Gasteiger partial charge in [-0.1, -0.05) is 6.07 Å². The second-order valence-electron chi connectivity index (χ2n) is 4.67. The van der Waals surface area contributed by atoms with Crippen LogP contribution in [0.15, 0.2) is 41.3 Å². The van der Waals surface area contributed by atoms with Gasteiger partial charge in [0.05, 0.1) is 11.6 Å². The lowest BCUT2D eigenvalue weighted by Gasteiger charge is -2.15. The van der Waals surface area contributed by atoms with Gasteiger partial charge in [0.2, 0.25) is 0 Å². The predicted molar refractivity (Wildman–Crippen MR) is 74.3 cm³/mol. The largest absolute Gasteiger partial charge is 0.323 e. The first-order chi connectivity index (χ1) is 9.58. The van der Waals surface area contributed by atoms with Crippen molar-refractivity contribution in [2.24, 2.45) is 5.73 Å². The van der Waals surface area contributed by atoms with E-state index >= 15 is 0 Å². The van der Waals surface area contributed by atoms with Gasteiger partial charge >= 0.3 is 0 Å². The molecule has 6 heteroatoms. The highest BCUT2D eigenvalue weighted by Gasteiger charge is 2.14. The van der Waals surface area contributed by atoms with Crippen molar-refractivity contribution < 1.29 is 4.39 Å². The molecule has 0 aliphatic heterocycles. The fraction of sp³-hybridized carbons (Fsp3) is 0.143. The van der Waals surface area contributed by atoms with E-state index in [1.54, 1.807) is 31.3 Å². The number of nitrogens with zero attached hydrogens (tertiary/aromatic N) is 2. The van der Waals surface area contributed by atoms with Crippen LogP contribution in [-0.2, 0) is 0 Å². The van der Waals surface area contributed by atoms with Crippen LogP contribution >= 0.6 is 0 Å². The molecule has 0 spiro atoms. The van der Waals surface area contributed by atoms with Crippen LogP contribution in [0.2, 0.25) is 0 Å². The maximum atomic E-state index is 13.4. The van der Waals surface area contributed by atoms with E-state index in [9.17, 15) is 9.18 Å². The number of benzene rings is 1. The molecule has 0 fully saturated rings. The summed E-state index contributed by atoms with van der Waals surface area (Å²) in [7, 11) is 0. The number of hydrogen-bond donors (Lipinski definition) is 2. The molecule has 0 aliphatic carbocycles. The lowest BCUT2D eigenvalue weighted by molar-refractivity contribution is 0.629. The molecule has 1 atom stereocenters. The van der Waals surface area contributed by atoms with Crippen molar-refractivity contribution >= 4 is 10.8 Å². The molecule has 0 saturated heterocycles. The molecule has 0 bridgehead atoms. The Hall–Kier alpha value is -2.47. The Bertz CT molecular complexity index is 821. The number of nitrogens with one attached hydrogen (secondary N) is 1. The number of fused-ring (bicyclic) bond motifs is 1. The zero-order valence-corrected chi connectivity index (χ0v) is 10.8. The topological polar surface area (TPSA) is 76.7 Å². The second kappa shape index (κ2) is 4.57. The van der Waals surface area contributed by atoms with Gasteiger partial charge in [-0.3, -0.25) is 14.5 Å². The molecule has 20 heavy (non-hydrogen) atoms. The molecule has 0 aliphatic rings. The first-order valence-electron chi connectivity index (χ1n) is 6.18. The summed E-state index contributed by atoms with van der Waals surface area (Å²) >= 11 is 0. The highest BCUT2D eigenvalue weighted by atomic mass is 19.1. The van der Waals surface area contributed by atoms with Gasteiger partial charge in [-0.05, 0) is 30.5 Å². The summed E-state index contributed by atoms with van der Waals surface area (Å²) in [6, 6.07) is 7.25. The molecular formula is C14H13FN4O. The molecule has 3 rings (SSSR count). The van der Waals surface area contributed by atoms with E-state index in [-0.39, 0.29) is 11.6 Å². The Labute approximate surface area is 113 Å². The van der Waals surface area contributed by atoms with Gasteiger partial charge in [-0.25, -0.2) is 4.39 Å². The Morgan fingerprint density at radius 2 is 2.15 bits per heavy atom. The molecule has 0 saturated carbocycles. The molecule has 2 heterocycles. The molecule has 3 aromatic rings. The summed E-state index contributed by atoms with van der Waals surface area (Å²) in [5.74, 6) is 0.0627. The average molecular weight is 272 g/mol.